The molecule has 0 radical (unpaired) electrons. The minimum absolute atomic E-state index is 0. The highest BCUT2D eigenvalue weighted by Gasteiger charge is 1.96. The van der Waals surface area contributed by atoms with Crippen LogP contribution < -0.4 is 0 Å². The summed E-state index contributed by atoms with van der Waals surface area (Å²) < 4.78 is 0. The van der Waals surface area contributed by atoms with Crippen molar-refractivity contribution < 1.29 is 0 Å². The number of rotatable bonds is 0. The van der Waals surface area contributed by atoms with Gasteiger partial charge in [-0.25, -0.2) is 0 Å². The predicted octanol–water partition coefficient (Wildman–Crippen LogP) is 1.23. The van der Waals surface area contributed by atoms with Gasteiger partial charge in [0.15, 0.2) is 0 Å². The minimum atomic E-state index is 0. The Balaban J connectivity index is 0.000000360. The van der Waals surface area contributed by atoms with Crippen LogP contribution in [0.4, 0.5) is 0 Å². The van der Waals surface area contributed by atoms with Crippen molar-refractivity contribution in [3.8, 4) is 0 Å². The van der Waals surface area contributed by atoms with E-state index >= 15 is 0 Å². The van der Waals surface area contributed by atoms with Crippen molar-refractivity contribution in [2.24, 2.45) is 0 Å². The minimum Gasteiger partial charge on any atom is -0.153 e. The van der Waals surface area contributed by atoms with E-state index in [0.29, 0.717) is 9.52 Å². The Morgan fingerprint density at radius 3 is 1.57 bits per heavy atom. The molecule has 0 aromatic rings. The third kappa shape index (κ3) is 3.25. The molecule has 0 saturated carbocycles. The van der Waals surface area contributed by atoms with Gasteiger partial charge in [-0.1, -0.05) is 31.4 Å². The van der Waals surface area contributed by atoms with Crippen molar-refractivity contribution in [1.82, 2.24) is 0 Å². The lowest BCUT2D eigenvalue weighted by atomic mass is 10.3. The van der Waals surface area contributed by atoms with Crippen LogP contribution in [-0.2, 0) is 0 Å². The van der Waals surface area contributed by atoms with E-state index < -0.39 is 0 Å². The Bertz CT molecular complexity index is 23.6. The van der Waals surface area contributed by atoms with Crippen LogP contribution in [0, 0.1) is 0 Å². The summed E-state index contributed by atoms with van der Waals surface area (Å²) in [6, 6.07) is 3.28. The molecule has 1 fully saturated rings. The smallest absolute Gasteiger partial charge is 0.0197 e. The molecule has 1 atom stereocenters. The van der Waals surface area contributed by atoms with Gasteiger partial charge in [-0.3, -0.25) is 0 Å². The molecular weight excluding hydrogens is 119 g/mol. The average Bonchev–Trinajstić information content (AvgIpc) is 1.72. The normalized spacial score (nSPS) is 20.6. The molecule has 1 aliphatic heterocycles. The van der Waals surface area contributed by atoms with Crippen LogP contribution in [0.1, 0.15) is 19.3 Å². The van der Waals surface area contributed by atoms with Crippen LogP contribution in [0.15, 0.2) is 0 Å². The molecule has 1 rings (SSSR count). The summed E-state index contributed by atoms with van der Waals surface area (Å²) in [6.07, 6.45) is 4.66. The summed E-state index contributed by atoms with van der Waals surface area (Å²) in [6.45, 7) is 0. The molecule has 0 aromatic carbocycles. The Morgan fingerprint density at radius 2 is 1.43 bits per heavy atom. The Morgan fingerprint density at radius 1 is 0.857 bits per heavy atom. The first-order valence-electron chi connectivity index (χ1n) is 3.00. The second kappa shape index (κ2) is 4.80. The molecule has 0 N–H and O–H groups in total. The fourth-order valence-electron chi connectivity index (χ4n) is 1.06. The topological polar surface area (TPSA) is 0 Å². The maximum Gasteiger partial charge on any atom is 0.0197 e. The first-order valence-corrected chi connectivity index (χ1v) is 5.00. The van der Waals surface area contributed by atoms with Gasteiger partial charge in [0, 0.05) is 9.52 Å². The molecular formula is C5H15PSi. The van der Waals surface area contributed by atoms with Crippen molar-refractivity contribution in [2.75, 3.05) is 0 Å². The van der Waals surface area contributed by atoms with E-state index in [1.165, 1.54) is 6.42 Å². The van der Waals surface area contributed by atoms with E-state index in [1.807, 2.05) is 0 Å². The molecule has 0 spiro atoms. The summed E-state index contributed by atoms with van der Waals surface area (Å²) in [4.78, 5) is 0. The molecule has 1 aliphatic rings. The summed E-state index contributed by atoms with van der Waals surface area (Å²) in [5, 5.41) is 0. The zero-order valence-corrected chi connectivity index (χ0v) is 7.78. The van der Waals surface area contributed by atoms with Gasteiger partial charge >= 0.3 is 0 Å². The van der Waals surface area contributed by atoms with E-state index in [-0.39, 0.29) is 9.90 Å². The molecule has 7 heavy (non-hydrogen) atoms. The van der Waals surface area contributed by atoms with Crippen LogP contribution in [0.25, 0.3) is 0 Å². The third-order valence-corrected chi connectivity index (χ3v) is 3.50. The van der Waals surface area contributed by atoms with E-state index in [0.717, 1.165) is 0 Å². The monoisotopic (exact) mass is 134 g/mol. The fourth-order valence-corrected chi connectivity index (χ4v) is 2.83. The van der Waals surface area contributed by atoms with Crippen molar-refractivity contribution in [3.63, 3.8) is 0 Å². The average molecular weight is 134 g/mol. The summed E-state index contributed by atoms with van der Waals surface area (Å²) in [5.41, 5.74) is 0. The van der Waals surface area contributed by atoms with Crippen LogP contribution in [0.3, 0.4) is 0 Å². The maximum absolute atomic E-state index is 1.64. The van der Waals surface area contributed by atoms with Crippen LogP contribution >= 0.6 is 9.90 Å². The van der Waals surface area contributed by atoms with Gasteiger partial charge in [0.2, 0.25) is 0 Å². The van der Waals surface area contributed by atoms with Crippen molar-refractivity contribution in [2.45, 2.75) is 31.4 Å². The van der Waals surface area contributed by atoms with Gasteiger partial charge in [0.25, 0.3) is 0 Å². The molecule has 0 nitrogen and oxygen atoms in total. The first-order chi connectivity index (χ1) is 3.00. The van der Waals surface area contributed by atoms with Crippen molar-refractivity contribution in [3.05, 3.63) is 0 Å². The third-order valence-electron chi connectivity index (χ3n) is 1.50. The first kappa shape index (κ1) is 7.65. The van der Waals surface area contributed by atoms with Gasteiger partial charge in [0.1, 0.15) is 0 Å². The van der Waals surface area contributed by atoms with E-state index in [1.54, 1.807) is 24.9 Å². The van der Waals surface area contributed by atoms with Gasteiger partial charge in [-0.2, -0.15) is 9.90 Å². The molecule has 0 amide bonds. The van der Waals surface area contributed by atoms with Gasteiger partial charge in [-0.15, -0.1) is 0 Å². The van der Waals surface area contributed by atoms with Crippen molar-refractivity contribution in [1.29, 1.82) is 0 Å². The van der Waals surface area contributed by atoms with Crippen LogP contribution in [-0.4, -0.2) is 9.52 Å². The zero-order chi connectivity index (χ0) is 4.24. The highest BCUT2D eigenvalue weighted by Crippen LogP contribution is 2.10. The van der Waals surface area contributed by atoms with Gasteiger partial charge in [0.05, 0.1) is 0 Å². The lowest BCUT2D eigenvalue weighted by Crippen LogP contribution is -1.94. The quantitative estimate of drug-likeness (QED) is 0.345. The summed E-state index contributed by atoms with van der Waals surface area (Å²) in [5.74, 6) is 0. The standard InChI is InChI=1S/C5H12Si.H3P/c1-2-4-6-5-3-1;/h1-6H2;1H3. The molecule has 1 heterocycles. The van der Waals surface area contributed by atoms with Crippen molar-refractivity contribution >= 4 is 19.4 Å². The highest BCUT2D eigenvalue weighted by atomic mass is 31.0. The van der Waals surface area contributed by atoms with Gasteiger partial charge < -0.3 is 0 Å². The van der Waals surface area contributed by atoms with E-state index in [9.17, 15) is 0 Å². The Hall–Kier alpha value is 0.647. The molecule has 0 aromatic heterocycles. The number of hydrogen-bond acceptors (Lipinski definition) is 0. The summed E-state index contributed by atoms with van der Waals surface area (Å²) in [7, 11) is 0.508. The van der Waals surface area contributed by atoms with Crippen LogP contribution in [0.5, 0.6) is 0 Å². The summed E-state index contributed by atoms with van der Waals surface area (Å²) >= 11 is 0. The lowest BCUT2D eigenvalue weighted by molar-refractivity contribution is 0.734. The second-order valence-corrected chi connectivity index (χ2v) is 4.24. The maximum atomic E-state index is 1.64. The van der Waals surface area contributed by atoms with Gasteiger partial charge in [-0.05, 0) is 0 Å². The molecule has 0 bridgehead atoms. The molecule has 0 aliphatic carbocycles. The SMILES string of the molecule is C1CC[SiH2]CC1.P. The van der Waals surface area contributed by atoms with E-state index in [4.69, 9.17) is 0 Å². The largest absolute Gasteiger partial charge is 0.153 e. The number of hydrogen-bond donors (Lipinski definition) is 0. The van der Waals surface area contributed by atoms with E-state index in [2.05, 4.69) is 0 Å². The molecule has 44 valence electrons. The Labute approximate surface area is 51.5 Å². The Kier molecular flexibility index (Phi) is 5.24. The lowest BCUT2D eigenvalue weighted by Gasteiger charge is -2.04. The molecule has 1 unspecified atom stereocenters. The predicted molar refractivity (Wildman–Crippen MR) is 43.1 cm³/mol. The zero-order valence-electron chi connectivity index (χ0n) is 4.95. The second-order valence-electron chi connectivity index (χ2n) is 2.12. The highest BCUT2D eigenvalue weighted by molar-refractivity contribution is 6.92. The fraction of sp³-hybridized carbons (Fsp3) is 1.00. The molecule has 2 heteroatoms. The molecule has 1 saturated heterocycles. The van der Waals surface area contributed by atoms with Crippen LogP contribution in [0.2, 0.25) is 12.1 Å².